The standard InChI is InChI=1S/C13H17N5O.ClH/c1-8-6-9(4-5-14-8)13(19)15-10-2-3-11-12(7-10)17-18-16-11;/h2-3,7-9,14H,4-6H2,1H3,(H,15,19)(H,16,17,18);1H/t8-,9-;/m0./s1. The maximum Gasteiger partial charge on any atom is 0.227 e. The van der Waals surface area contributed by atoms with Crippen molar-refractivity contribution in [2.24, 2.45) is 5.92 Å². The molecule has 1 saturated heterocycles. The minimum atomic E-state index is 0. The molecule has 3 rings (SSSR count). The van der Waals surface area contributed by atoms with Crippen molar-refractivity contribution in [1.82, 2.24) is 20.7 Å². The number of halogens is 1. The number of aromatic amines is 1. The highest BCUT2D eigenvalue weighted by atomic mass is 35.5. The number of piperidine rings is 1. The number of hydrogen-bond donors (Lipinski definition) is 3. The van der Waals surface area contributed by atoms with Crippen molar-refractivity contribution in [3.8, 4) is 0 Å². The molecule has 0 aliphatic carbocycles. The first-order valence-electron chi connectivity index (χ1n) is 6.57. The van der Waals surface area contributed by atoms with Crippen molar-refractivity contribution in [3.63, 3.8) is 0 Å². The molecule has 0 saturated carbocycles. The Bertz CT molecular complexity index is 599. The van der Waals surface area contributed by atoms with E-state index in [0.29, 0.717) is 6.04 Å². The number of anilines is 1. The summed E-state index contributed by atoms with van der Waals surface area (Å²) >= 11 is 0. The number of rotatable bonds is 2. The second-order valence-corrected chi connectivity index (χ2v) is 5.09. The normalized spacial score (nSPS) is 22.2. The highest BCUT2D eigenvalue weighted by Gasteiger charge is 2.24. The van der Waals surface area contributed by atoms with Crippen LogP contribution in [0.2, 0.25) is 0 Å². The number of carbonyl (C=O) groups excluding carboxylic acids is 1. The number of hydrogen-bond acceptors (Lipinski definition) is 4. The summed E-state index contributed by atoms with van der Waals surface area (Å²) in [7, 11) is 0. The molecule has 0 spiro atoms. The third-order valence-electron chi connectivity index (χ3n) is 3.58. The van der Waals surface area contributed by atoms with E-state index < -0.39 is 0 Å². The van der Waals surface area contributed by atoms with Gasteiger partial charge >= 0.3 is 0 Å². The van der Waals surface area contributed by atoms with E-state index in [9.17, 15) is 4.79 Å². The van der Waals surface area contributed by atoms with E-state index in [4.69, 9.17) is 0 Å². The Kier molecular flexibility index (Phi) is 4.57. The van der Waals surface area contributed by atoms with Crippen molar-refractivity contribution in [2.45, 2.75) is 25.8 Å². The van der Waals surface area contributed by atoms with Crippen molar-refractivity contribution in [1.29, 1.82) is 0 Å². The molecular formula is C13H18ClN5O. The molecule has 0 radical (unpaired) electrons. The molecule has 20 heavy (non-hydrogen) atoms. The van der Waals surface area contributed by atoms with Gasteiger partial charge in [-0.05, 0) is 44.5 Å². The molecule has 0 bridgehead atoms. The molecule has 2 heterocycles. The predicted molar refractivity (Wildman–Crippen MR) is 80.0 cm³/mol. The monoisotopic (exact) mass is 295 g/mol. The fourth-order valence-electron chi connectivity index (χ4n) is 2.53. The second-order valence-electron chi connectivity index (χ2n) is 5.09. The summed E-state index contributed by atoms with van der Waals surface area (Å²) in [6.45, 7) is 3.02. The van der Waals surface area contributed by atoms with Crippen LogP contribution in [-0.2, 0) is 4.79 Å². The molecular weight excluding hydrogens is 278 g/mol. The number of amides is 1. The zero-order chi connectivity index (χ0) is 13.2. The Hall–Kier alpha value is -1.66. The molecule has 1 aromatic heterocycles. The maximum absolute atomic E-state index is 12.2. The van der Waals surface area contributed by atoms with Crippen LogP contribution >= 0.6 is 12.4 Å². The third-order valence-corrected chi connectivity index (χ3v) is 3.58. The summed E-state index contributed by atoms with van der Waals surface area (Å²) in [5.74, 6) is 0.181. The first kappa shape index (κ1) is 14.7. The summed E-state index contributed by atoms with van der Waals surface area (Å²) in [5.41, 5.74) is 2.34. The van der Waals surface area contributed by atoms with E-state index in [1.807, 2.05) is 18.2 Å². The van der Waals surface area contributed by atoms with Gasteiger partial charge in [0.1, 0.15) is 11.0 Å². The largest absolute Gasteiger partial charge is 0.326 e. The van der Waals surface area contributed by atoms with Crippen molar-refractivity contribution in [3.05, 3.63) is 18.2 Å². The lowest BCUT2D eigenvalue weighted by Crippen LogP contribution is -2.40. The summed E-state index contributed by atoms with van der Waals surface area (Å²) in [6.07, 6.45) is 1.78. The molecule has 1 fully saturated rings. The van der Waals surface area contributed by atoms with Crippen molar-refractivity contribution >= 4 is 35.0 Å². The molecule has 7 heteroatoms. The minimum absolute atomic E-state index is 0. The summed E-state index contributed by atoms with van der Waals surface area (Å²) in [6, 6.07) is 5.94. The van der Waals surface area contributed by atoms with Crippen LogP contribution in [0.15, 0.2) is 18.2 Å². The molecule has 1 aliphatic heterocycles. The highest BCUT2D eigenvalue weighted by Crippen LogP contribution is 2.20. The van der Waals surface area contributed by atoms with Crippen molar-refractivity contribution in [2.75, 3.05) is 11.9 Å². The van der Waals surface area contributed by atoms with Gasteiger partial charge < -0.3 is 10.6 Å². The van der Waals surface area contributed by atoms with Gasteiger partial charge in [-0.2, -0.15) is 15.4 Å². The van der Waals surface area contributed by atoms with Crippen LogP contribution in [0.4, 0.5) is 5.69 Å². The Morgan fingerprint density at radius 3 is 2.95 bits per heavy atom. The fourth-order valence-corrected chi connectivity index (χ4v) is 2.53. The molecule has 1 aromatic carbocycles. The lowest BCUT2D eigenvalue weighted by Gasteiger charge is -2.27. The first-order chi connectivity index (χ1) is 9.22. The van der Waals surface area contributed by atoms with Gasteiger partial charge in [-0.15, -0.1) is 12.4 Å². The summed E-state index contributed by atoms with van der Waals surface area (Å²) in [5, 5.41) is 16.9. The van der Waals surface area contributed by atoms with E-state index in [1.54, 1.807) is 0 Å². The van der Waals surface area contributed by atoms with Crippen LogP contribution in [0.5, 0.6) is 0 Å². The number of carbonyl (C=O) groups is 1. The number of fused-ring (bicyclic) bond motifs is 1. The van der Waals surface area contributed by atoms with Gasteiger partial charge in [0, 0.05) is 17.6 Å². The van der Waals surface area contributed by atoms with Crippen LogP contribution in [0, 0.1) is 5.92 Å². The molecule has 3 N–H and O–H groups in total. The molecule has 6 nitrogen and oxygen atoms in total. The Morgan fingerprint density at radius 2 is 2.15 bits per heavy atom. The predicted octanol–water partition coefficient (Wildman–Crippen LogP) is 1.71. The number of H-pyrrole nitrogens is 1. The van der Waals surface area contributed by atoms with E-state index in [-0.39, 0.29) is 24.2 Å². The van der Waals surface area contributed by atoms with E-state index in [1.165, 1.54) is 0 Å². The van der Waals surface area contributed by atoms with Gasteiger partial charge in [0.2, 0.25) is 5.91 Å². The molecule has 1 aliphatic rings. The lowest BCUT2D eigenvalue weighted by atomic mass is 9.92. The number of nitrogens with zero attached hydrogens (tertiary/aromatic N) is 2. The topological polar surface area (TPSA) is 82.7 Å². The average molecular weight is 296 g/mol. The zero-order valence-corrected chi connectivity index (χ0v) is 12.0. The summed E-state index contributed by atoms with van der Waals surface area (Å²) in [4.78, 5) is 12.2. The van der Waals surface area contributed by atoms with E-state index >= 15 is 0 Å². The number of nitrogens with one attached hydrogen (secondary N) is 3. The van der Waals surface area contributed by atoms with Crippen LogP contribution in [0.25, 0.3) is 11.0 Å². The van der Waals surface area contributed by atoms with Gasteiger partial charge in [-0.1, -0.05) is 0 Å². The van der Waals surface area contributed by atoms with Gasteiger partial charge in [-0.25, -0.2) is 0 Å². The van der Waals surface area contributed by atoms with Crippen molar-refractivity contribution < 1.29 is 4.79 Å². The Labute approximate surface area is 123 Å². The molecule has 1 amide bonds. The fraction of sp³-hybridized carbons (Fsp3) is 0.462. The highest BCUT2D eigenvalue weighted by molar-refractivity contribution is 5.94. The third kappa shape index (κ3) is 3.08. The van der Waals surface area contributed by atoms with E-state index in [2.05, 4.69) is 33.0 Å². The van der Waals surface area contributed by atoms with Crippen LogP contribution in [0.3, 0.4) is 0 Å². The molecule has 0 unspecified atom stereocenters. The van der Waals surface area contributed by atoms with Gasteiger partial charge in [-0.3, -0.25) is 4.79 Å². The maximum atomic E-state index is 12.2. The van der Waals surface area contributed by atoms with Gasteiger partial charge in [0.25, 0.3) is 0 Å². The number of benzene rings is 1. The quantitative estimate of drug-likeness (QED) is 0.787. The zero-order valence-electron chi connectivity index (χ0n) is 11.2. The van der Waals surface area contributed by atoms with E-state index in [0.717, 1.165) is 36.1 Å². The summed E-state index contributed by atoms with van der Waals surface area (Å²) < 4.78 is 0. The average Bonchev–Trinajstić information content (AvgIpc) is 2.86. The lowest BCUT2D eigenvalue weighted by molar-refractivity contribution is -0.120. The smallest absolute Gasteiger partial charge is 0.227 e. The second kappa shape index (κ2) is 6.19. The molecule has 2 aromatic rings. The van der Waals surface area contributed by atoms with Crippen LogP contribution < -0.4 is 10.6 Å². The molecule has 2 atom stereocenters. The SMILES string of the molecule is C[C@H]1C[C@@H](C(=O)Nc2ccc3n[nH]nc3c2)CCN1.Cl. The first-order valence-corrected chi connectivity index (χ1v) is 6.57. The van der Waals surface area contributed by atoms with Gasteiger partial charge in [0.05, 0.1) is 0 Å². The van der Waals surface area contributed by atoms with Crippen LogP contribution in [0.1, 0.15) is 19.8 Å². The Balaban J connectivity index is 0.00000147. The number of aromatic nitrogens is 3. The van der Waals surface area contributed by atoms with Gasteiger partial charge in [0.15, 0.2) is 0 Å². The minimum Gasteiger partial charge on any atom is -0.326 e. The Morgan fingerprint density at radius 1 is 1.35 bits per heavy atom. The molecule has 108 valence electrons. The van der Waals surface area contributed by atoms with Crippen LogP contribution in [-0.4, -0.2) is 33.9 Å².